The number of nitrogens with zero attached hydrogens (tertiary/aromatic N) is 1. The second kappa shape index (κ2) is 5.41. The molecule has 0 amide bonds. The van der Waals surface area contributed by atoms with Crippen LogP contribution >= 0.6 is 11.3 Å². The van der Waals surface area contributed by atoms with Gasteiger partial charge in [-0.3, -0.25) is 4.79 Å². The fourth-order valence-corrected chi connectivity index (χ4v) is 2.93. The van der Waals surface area contributed by atoms with Crippen molar-refractivity contribution in [2.75, 3.05) is 6.54 Å². The van der Waals surface area contributed by atoms with Gasteiger partial charge >= 0.3 is 5.97 Å². The number of hydrogen-bond donors (Lipinski definition) is 2. The van der Waals surface area contributed by atoms with Crippen molar-refractivity contribution in [3.8, 4) is 0 Å². The number of hydrogen-bond acceptors (Lipinski definition) is 4. The minimum absolute atomic E-state index is 0.198. The lowest BCUT2D eigenvalue weighted by Gasteiger charge is -2.06. The van der Waals surface area contributed by atoms with E-state index < -0.39 is 5.97 Å². The molecule has 0 saturated carbocycles. The summed E-state index contributed by atoms with van der Waals surface area (Å²) >= 11 is 1.65. The summed E-state index contributed by atoms with van der Waals surface area (Å²) in [5.74, 6) is -0.743. The molecule has 0 aromatic carbocycles. The average Bonchev–Trinajstić information content (AvgIpc) is 2.87. The van der Waals surface area contributed by atoms with Gasteiger partial charge in [-0.1, -0.05) is 0 Å². The summed E-state index contributed by atoms with van der Waals surface area (Å²) in [4.78, 5) is 15.9. The van der Waals surface area contributed by atoms with Crippen molar-refractivity contribution >= 4 is 17.3 Å². The summed E-state index contributed by atoms with van der Waals surface area (Å²) in [6, 6.07) is 0.568. The van der Waals surface area contributed by atoms with Gasteiger partial charge in [-0.25, -0.2) is 4.98 Å². The molecule has 2 heterocycles. The van der Waals surface area contributed by atoms with E-state index in [1.807, 2.05) is 6.20 Å². The Morgan fingerprint density at radius 2 is 2.56 bits per heavy atom. The minimum Gasteiger partial charge on any atom is -0.481 e. The van der Waals surface area contributed by atoms with Crippen molar-refractivity contribution in [1.29, 1.82) is 0 Å². The monoisotopic (exact) mass is 240 g/mol. The summed E-state index contributed by atoms with van der Waals surface area (Å²) in [7, 11) is 0. The van der Waals surface area contributed by atoms with Gasteiger partial charge in [0.2, 0.25) is 0 Å². The number of nitrogens with one attached hydrogen (secondary N) is 1. The molecule has 1 aliphatic rings. The first-order chi connectivity index (χ1) is 7.74. The third-order valence-electron chi connectivity index (χ3n) is 2.77. The molecule has 0 radical (unpaired) electrons. The van der Waals surface area contributed by atoms with Gasteiger partial charge in [0.25, 0.3) is 0 Å². The standard InChI is InChI=1S/C11H16N2O2S/c14-11(15)4-3-9-7-13-10(16-9)6-8-2-1-5-12-8/h7-8,12H,1-6H2,(H,14,15). The van der Waals surface area contributed by atoms with E-state index in [2.05, 4.69) is 10.3 Å². The van der Waals surface area contributed by atoms with Gasteiger partial charge in [0, 0.05) is 23.5 Å². The molecule has 0 bridgehead atoms. The molecule has 1 atom stereocenters. The van der Waals surface area contributed by atoms with Crippen LogP contribution in [0.25, 0.3) is 0 Å². The Morgan fingerprint density at radius 3 is 3.25 bits per heavy atom. The number of carboxylic acids is 1. The molecule has 88 valence electrons. The van der Waals surface area contributed by atoms with Gasteiger partial charge in [-0.15, -0.1) is 11.3 Å². The van der Waals surface area contributed by atoms with Crippen molar-refractivity contribution in [3.05, 3.63) is 16.1 Å². The molecular formula is C11H16N2O2S. The molecule has 1 aromatic heterocycles. The van der Waals surface area contributed by atoms with Crippen LogP contribution in [0.1, 0.15) is 29.1 Å². The van der Waals surface area contributed by atoms with E-state index in [1.54, 1.807) is 11.3 Å². The first-order valence-corrected chi connectivity index (χ1v) is 6.44. The third kappa shape index (κ3) is 3.28. The molecule has 4 nitrogen and oxygen atoms in total. The Kier molecular flexibility index (Phi) is 3.90. The molecular weight excluding hydrogens is 224 g/mol. The van der Waals surface area contributed by atoms with Gasteiger partial charge in [0.15, 0.2) is 0 Å². The van der Waals surface area contributed by atoms with Crippen LogP contribution in [-0.4, -0.2) is 28.6 Å². The smallest absolute Gasteiger partial charge is 0.303 e. The van der Waals surface area contributed by atoms with Crippen LogP contribution in [0.3, 0.4) is 0 Å². The molecule has 1 aliphatic heterocycles. The lowest BCUT2D eigenvalue weighted by molar-refractivity contribution is -0.136. The van der Waals surface area contributed by atoms with Crippen LogP contribution in [0.15, 0.2) is 6.20 Å². The van der Waals surface area contributed by atoms with Crippen molar-refractivity contribution in [2.45, 2.75) is 38.1 Å². The van der Waals surface area contributed by atoms with E-state index in [0.717, 1.165) is 22.9 Å². The Hall–Kier alpha value is -0.940. The van der Waals surface area contributed by atoms with Crippen LogP contribution in [-0.2, 0) is 17.6 Å². The molecule has 1 unspecified atom stereocenters. The lowest BCUT2D eigenvalue weighted by atomic mass is 10.2. The van der Waals surface area contributed by atoms with Gasteiger partial charge in [-0.05, 0) is 25.8 Å². The van der Waals surface area contributed by atoms with Gasteiger partial charge in [0.05, 0.1) is 11.4 Å². The molecule has 1 aromatic rings. The molecule has 0 aliphatic carbocycles. The molecule has 2 rings (SSSR count). The third-order valence-corrected chi connectivity index (χ3v) is 3.85. The Balaban J connectivity index is 1.84. The van der Waals surface area contributed by atoms with E-state index in [-0.39, 0.29) is 6.42 Å². The van der Waals surface area contributed by atoms with Crippen molar-refractivity contribution < 1.29 is 9.90 Å². The van der Waals surface area contributed by atoms with Gasteiger partial charge in [-0.2, -0.15) is 0 Å². The highest BCUT2D eigenvalue weighted by Gasteiger charge is 2.16. The normalized spacial score (nSPS) is 20.1. The fourth-order valence-electron chi connectivity index (χ4n) is 1.93. The number of aromatic nitrogens is 1. The van der Waals surface area contributed by atoms with Gasteiger partial charge < -0.3 is 10.4 Å². The van der Waals surface area contributed by atoms with E-state index in [1.165, 1.54) is 12.8 Å². The maximum Gasteiger partial charge on any atom is 0.303 e. The predicted octanol–water partition coefficient (Wildman–Crippen LogP) is 1.45. The summed E-state index contributed by atoms with van der Waals surface area (Å²) in [6.07, 6.45) is 6.08. The van der Waals surface area contributed by atoms with E-state index in [4.69, 9.17) is 5.11 Å². The second-order valence-electron chi connectivity index (χ2n) is 4.11. The number of carboxylic acid groups (broad SMARTS) is 1. The number of rotatable bonds is 5. The largest absolute Gasteiger partial charge is 0.481 e. The summed E-state index contributed by atoms with van der Waals surface area (Å²) < 4.78 is 0. The zero-order valence-corrected chi connectivity index (χ0v) is 9.92. The Bertz CT molecular complexity index is 359. The number of aryl methyl sites for hydroxylation is 1. The van der Waals surface area contributed by atoms with Crippen molar-refractivity contribution in [2.24, 2.45) is 0 Å². The van der Waals surface area contributed by atoms with E-state index >= 15 is 0 Å². The first-order valence-electron chi connectivity index (χ1n) is 5.63. The average molecular weight is 240 g/mol. The fraction of sp³-hybridized carbons (Fsp3) is 0.636. The van der Waals surface area contributed by atoms with Crippen LogP contribution < -0.4 is 5.32 Å². The zero-order valence-electron chi connectivity index (χ0n) is 9.11. The van der Waals surface area contributed by atoms with Crippen LogP contribution in [0.4, 0.5) is 0 Å². The minimum atomic E-state index is -0.743. The Morgan fingerprint density at radius 1 is 1.69 bits per heavy atom. The van der Waals surface area contributed by atoms with Crippen molar-refractivity contribution in [1.82, 2.24) is 10.3 Å². The predicted molar refractivity (Wildman–Crippen MR) is 62.8 cm³/mol. The number of thiazole rings is 1. The topological polar surface area (TPSA) is 62.2 Å². The van der Waals surface area contributed by atoms with Gasteiger partial charge in [0.1, 0.15) is 0 Å². The number of carbonyl (C=O) groups is 1. The molecule has 2 N–H and O–H groups in total. The highest BCUT2D eigenvalue weighted by atomic mass is 32.1. The molecule has 0 spiro atoms. The van der Waals surface area contributed by atoms with Crippen molar-refractivity contribution in [3.63, 3.8) is 0 Å². The summed E-state index contributed by atoms with van der Waals surface area (Å²) in [5, 5.41) is 13.1. The highest BCUT2D eigenvalue weighted by molar-refractivity contribution is 7.11. The molecule has 1 saturated heterocycles. The summed E-state index contributed by atoms with van der Waals surface area (Å²) in [5.41, 5.74) is 0. The molecule has 16 heavy (non-hydrogen) atoms. The quantitative estimate of drug-likeness (QED) is 0.818. The second-order valence-corrected chi connectivity index (χ2v) is 5.31. The first kappa shape index (κ1) is 11.5. The van der Waals surface area contributed by atoms with E-state index in [9.17, 15) is 4.79 Å². The zero-order chi connectivity index (χ0) is 11.4. The molecule has 5 heteroatoms. The Labute approximate surface area is 98.7 Å². The lowest BCUT2D eigenvalue weighted by Crippen LogP contribution is -2.23. The SMILES string of the molecule is O=C(O)CCc1cnc(CC2CCCN2)s1. The highest BCUT2D eigenvalue weighted by Crippen LogP contribution is 2.18. The maximum absolute atomic E-state index is 10.4. The molecule has 1 fully saturated rings. The number of aliphatic carboxylic acids is 1. The van der Waals surface area contributed by atoms with E-state index in [0.29, 0.717) is 12.5 Å². The maximum atomic E-state index is 10.4. The van der Waals surface area contributed by atoms with Crippen LogP contribution in [0.2, 0.25) is 0 Å². The van der Waals surface area contributed by atoms with Crippen LogP contribution in [0, 0.1) is 0 Å². The summed E-state index contributed by atoms with van der Waals surface area (Å²) in [6.45, 7) is 1.11. The van der Waals surface area contributed by atoms with Crippen LogP contribution in [0.5, 0.6) is 0 Å².